The van der Waals surface area contributed by atoms with E-state index in [0.29, 0.717) is 29.0 Å². The van der Waals surface area contributed by atoms with Crippen molar-refractivity contribution in [3.05, 3.63) is 41.9 Å². The third-order valence-electron chi connectivity index (χ3n) is 3.39. The van der Waals surface area contributed by atoms with Gasteiger partial charge >= 0.3 is 0 Å². The van der Waals surface area contributed by atoms with Crippen LogP contribution in [0.2, 0.25) is 0 Å². The number of nitrogen functional groups attached to an aromatic ring is 1. The smallest absolute Gasteiger partial charge is 0.239 e. The molecule has 0 aliphatic carbocycles. The molecule has 0 aliphatic heterocycles. The van der Waals surface area contributed by atoms with Crippen molar-refractivity contribution in [1.82, 2.24) is 15.1 Å². The van der Waals surface area contributed by atoms with Crippen molar-refractivity contribution >= 4 is 40.3 Å². The van der Waals surface area contributed by atoms with E-state index in [0.717, 1.165) is 10.9 Å². The summed E-state index contributed by atoms with van der Waals surface area (Å²) in [6.07, 6.45) is 0. The van der Waals surface area contributed by atoms with Crippen molar-refractivity contribution in [3.8, 4) is 0 Å². The molecule has 2 aromatic heterocycles. The average Bonchev–Trinajstić information content (AvgIpc) is 2.97. The second-order valence-corrected chi connectivity index (χ2v) is 6.65. The largest absolute Gasteiger partial charge is 0.383 e. The summed E-state index contributed by atoms with van der Waals surface area (Å²) in [7, 11) is 0. The Morgan fingerprint density at radius 1 is 1.38 bits per heavy atom. The van der Waals surface area contributed by atoms with Crippen molar-refractivity contribution in [2.75, 3.05) is 11.1 Å². The Balaban J connectivity index is 1.63. The highest BCUT2D eigenvalue weighted by Gasteiger charge is 2.16. The van der Waals surface area contributed by atoms with Crippen LogP contribution in [0.25, 0.3) is 10.9 Å². The van der Waals surface area contributed by atoms with Crippen molar-refractivity contribution < 1.29 is 9.32 Å². The van der Waals surface area contributed by atoms with Crippen LogP contribution in [0.3, 0.4) is 0 Å². The van der Waals surface area contributed by atoms with Crippen molar-refractivity contribution in [2.45, 2.75) is 24.9 Å². The lowest BCUT2D eigenvalue weighted by molar-refractivity contribution is -0.115. The second-order valence-electron chi connectivity index (χ2n) is 5.32. The standard InChI is InChI=1S/C16H17N5O2S/c1-9-7-14(23-21-9)20-16(22)10(2)24-8-13-18-12-6-4-3-5-11(12)15(17)19-13/h3-7,10H,8H2,1-2H3,(H,20,22)(H2,17,18,19). The van der Waals surface area contributed by atoms with Crippen molar-refractivity contribution in [3.63, 3.8) is 0 Å². The molecule has 8 heteroatoms. The normalized spacial score (nSPS) is 12.2. The van der Waals surface area contributed by atoms with Crippen LogP contribution in [0.1, 0.15) is 18.4 Å². The molecular weight excluding hydrogens is 326 g/mol. The van der Waals surface area contributed by atoms with Gasteiger partial charge in [0.05, 0.1) is 22.2 Å². The number of thioether (sulfide) groups is 1. The fourth-order valence-corrected chi connectivity index (χ4v) is 2.87. The lowest BCUT2D eigenvalue weighted by Crippen LogP contribution is -2.22. The number of nitrogens with two attached hydrogens (primary N) is 1. The fourth-order valence-electron chi connectivity index (χ4n) is 2.14. The third-order valence-corrected chi connectivity index (χ3v) is 4.52. The molecule has 0 saturated carbocycles. The average molecular weight is 343 g/mol. The highest BCUT2D eigenvalue weighted by atomic mass is 32.2. The summed E-state index contributed by atoms with van der Waals surface area (Å²) < 4.78 is 4.98. The van der Waals surface area contributed by atoms with E-state index >= 15 is 0 Å². The van der Waals surface area contributed by atoms with Gasteiger partial charge in [0.25, 0.3) is 0 Å². The number of benzene rings is 1. The summed E-state index contributed by atoms with van der Waals surface area (Å²) in [6.45, 7) is 3.60. The van der Waals surface area contributed by atoms with Gasteiger partial charge in [-0.3, -0.25) is 10.1 Å². The number of nitrogens with one attached hydrogen (secondary N) is 1. The zero-order chi connectivity index (χ0) is 17.1. The number of nitrogens with zero attached hydrogens (tertiary/aromatic N) is 3. The molecule has 0 fully saturated rings. The van der Waals surface area contributed by atoms with E-state index in [-0.39, 0.29) is 11.2 Å². The Bertz CT molecular complexity index is 880. The first kappa shape index (κ1) is 16.3. The van der Waals surface area contributed by atoms with E-state index < -0.39 is 0 Å². The Kier molecular flexibility index (Phi) is 4.66. The van der Waals surface area contributed by atoms with Gasteiger partial charge in [0.2, 0.25) is 11.8 Å². The number of aromatic nitrogens is 3. The van der Waals surface area contributed by atoms with Gasteiger partial charge in [0.15, 0.2) is 0 Å². The third kappa shape index (κ3) is 3.65. The number of rotatable bonds is 5. The molecule has 3 N–H and O–H groups in total. The maximum absolute atomic E-state index is 12.1. The minimum Gasteiger partial charge on any atom is -0.383 e. The molecule has 0 saturated heterocycles. The maximum Gasteiger partial charge on any atom is 0.239 e. The Hall–Kier alpha value is -2.61. The Labute approximate surface area is 143 Å². The zero-order valence-corrected chi connectivity index (χ0v) is 14.1. The number of carbonyl (C=O) groups excluding carboxylic acids is 1. The maximum atomic E-state index is 12.1. The highest BCUT2D eigenvalue weighted by molar-refractivity contribution is 7.99. The van der Waals surface area contributed by atoms with Crippen LogP contribution in [-0.4, -0.2) is 26.3 Å². The number of anilines is 2. The number of para-hydroxylation sites is 1. The minimum atomic E-state index is -0.299. The summed E-state index contributed by atoms with van der Waals surface area (Å²) >= 11 is 1.43. The predicted molar refractivity (Wildman–Crippen MR) is 94.6 cm³/mol. The van der Waals surface area contributed by atoms with Crippen LogP contribution < -0.4 is 11.1 Å². The SMILES string of the molecule is Cc1cc(NC(=O)C(C)SCc2nc(N)c3ccccc3n2)on1. The highest BCUT2D eigenvalue weighted by Crippen LogP contribution is 2.22. The number of hydrogen-bond acceptors (Lipinski definition) is 7. The van der Waals surface area contributed by atoms with E-state index in [1.165, 1.54) is 11.8 Å². The Morgan fingerprint density at radius 2 is 2.17 bits per heavy atom. The summed E-state index contributed by atoms with van der Waals surface area (Å²) in [5, 5.41) is 6.95. The first-order valence-electron chi connectivity index (χ1n) is 7.40. The molecule has 3 rings (SSSR count). The number of fused-ring (bicyclic) bond motifs is 1. The Morgan fingerprint density at radius 3 is 2.92 bits per heavy atom. The van der Waals surface area contributed by atoms with Crippen LogP contribution in [-0.2, 0) is 10.5 Å². The van der Waals surface area contributed by atoms with Gasteiger partial charge in [-0.1, -0.05) is 17.3 Å². The van der Waals surface area contributed by atoms with Gasteiger partial charge in [0.1, 0.15) is 11.6 Å². The number of carbonyl (C=O) groups is 1. The molecule has 1 unspecified atom stereocenters. The van der Waals surface area contributed by atoms with E-state index in [9.17, 15) is 4.79 Å². The van der Waals surface area contributed by atoms with Crippen LogP contribution in [0.15, 0.2) is 34.9 Å². The number of amides is 1. The molecule has 1 amide bonds. The monoisotopic (exact) mass is 343 g/mol. The van der Waals surface area contributed by atoms with Crippen LogP contribution in [0.4, 0.5) is 11.7 Å². The first-order valence-corrected chi connectivity index (χ1v) is 8.44. The fraction of sp³-hybridized carbons (Fsp3) is 0.250. The quantitative estimate of drug-likeness (QED) is 0.733. The molecule has 2 heterocycles. The van der Waals surface area contributed by atoms with Crippen LogP contribution in [0, 0.1) is 6.92 Å². The van der Waals surface area contributed by atoms with E-state index in [1.807, 2.05) is 31.2 Å². The number of aryl methyl sites for hydroxylation is 1. The van der Waals surface area contributed by atoms with E-state index in [1.54, 1.807) is 13.0 Å². The van der Waals surface area contributed by atoms with Crippen LogP contribution >= 0.6 is 11.8 Å². The van der Waals surface area contributed by atoms with E-state index in [4.69, 9.17) is 10.3 Å². The summed E-state index contributed by atoms with van der Waals surface area (Å²) in [5.41, 5.74) is 7.48. The molecule has 7 nitrogen and oxygen atoms in total. The van der Waals surface area contributed by atoms with Gasteiger partial charge in [-0.2, -0.15) is 0 Å². The van der Waals surface area contributed by atoms with Crippen LogP contribution in [0.5, 0.6) is 0 Å². The topological polar surface area (TPSA) is 107 Å². The van der Waals surface area contributed by atoms with Gasteiger partial charge in [-0.05, 0) is 26.0 Å². The van der Waals surface area contributed by atoms with Crippen molar-refractivity contribution in [1.29, 1.82) is 0 Å². The summed E-state index contributed by atoms with van der Waals surface area (Å²) in [6, 6.07) is 9.25. The summed E-state index contributed by atoms with van der Waals surface area (Å²) in [4.78, 5) is 20.9. The van der Waals surface area contributed by atoms with Gasteiger partial charge in [-0.25, -0.2) is 9.97 Å². The molecule has 1 aromatic carbocycles. The van der Waals surface area contributed by atoms with Gasteiger partial charge in [0, 0.05) is 11.5 Å². The molecule has 3 aromatic rings. The first-order chi connectivity index (χ1) is 11.5. The summed E-state index contributed by atoms with van der Waals surface area (Å²) in [5.74, 6) is 1.72. The van der Waals surface area contributed by atoms with Gasteiger partial charge < -0.3 is 10.3 Å². The predicted octanol–water partition coefficient (Wildman–Crippen LogP) is 2.77. The van der Waals surface area contributed by atoms with Crippen molar-refractivity contribution in [2.24, 2.45) is 0 Å². The van der Waals surface area contributed by atoms with Gasteiger partial charge in [-0.15, -0.1) is 11.8 Å². The molecule has 0 radical (unpaired) electrons. The minimum absolute atomic E-state index is 0.162. The lowest BCUT2D eigenvalue weighted by Gasteiger charge is -2.10. The lowest BCUT2D eigenvalue weighted by atomic mass is 10.2. The molecular formula is C16H17N5O2S. The molecule has 24 heavy (non-hydrogen) atoms. The molecule has 0 bridgehead atoms. The molecule has 0 spiro atoms. The second kappa shape index (κ2) is 6.88. The van der Waals surface area contributed by atoms with E-state index in [2.05, 4.69) is 20.4 Å². The number of hydrogen-bond donors (Lipinski definition) is 2. The molecule has 1 atom stereocenters. The zero-order valence-electron chi connectivity index (χ0n) is 13.3. The molecule has 0 aliphatic rings. The molecule has 124 valence electrons.